The largest absolute Gasteiger partial charge is 0.266 e. The highest BCUT2D eigenvalue weighted by atomic mass is 32.1. The third-order valence-electron chi connectivity index (χ3n) is 2.99. The molecule has 2 heterocycles. The molecule has 2 aromatic carbocycles. The minimum Gasteiger partial charge on any atom is -0.266 e. The van der Waals surface area contributed by atoms with Crippen LogP contribution in [0.15, 0.2) is 54.6 Å². The van der Waals surface area contributed by atoms with Crippen LogP contribution < -0.4 is 0 Å². The van der Waals surface area contributed by atoms with Crippen molar-refractivity contribution in [2.24, 2.45) is 0 Å². The van der Waals surface area contributed by atoms with Gasteiger partial charge in [0.15, 0.2) is 5.82 Å². The van der Waals surface area contributed by atoms with Crippen LogP contribution in [0.25, 0.3) is 27.4 Å². The third-order valence-corrected chi connectivity index (χ3v) is 3.69. The first kappa shape index (κ1) is 9.79. The van der Waals surface area contributed by atoms with Gasteiger partial charge in [0.1, 0.15) is 0 Å². The maximum Gasteiger partial charge on any atom is 0.214 e. The Morgan fingerprint density at radius 2 is 1.67 bits per heavy atom. The molecule has 0 aliphatic heterocycles. The second kappa shape index (κ2) is 3.65. The van der Waals surface area contributed by atoms with E-state index in [0.29, 0.717) is 0 Å². The number of fused-ring (bicyclic) bond motifs is 3. The fraction of sp³-hybridized carbons (Fsp3) is 0. The summed E-state index contributed by atoms with van der Waals surface area (Å²) in [7, 11) is 0. The zero-order valence-electron chi connectivity index (χ0n) is 9.45. The Balaban J connectivity index is 2.13. The predicted molar refractivity (Wildman–Crippen MR) is 73.8 cm³/mol. The number of aromatic nitrogens is 3. The van der Waals surface area contributed by atoms with Crippen LogP contribution in [-0.4, -0.2) is 13.8 Å². The van der Waals surface area contributed by atoms with E-state index in [0.717, 1.165) is 27.4 Å². The Kier molecular flexibility index (Phi) is 1.98. The molecule has 0 atom stereocenters. The van der Waals surface area contributed by atoms with Crippen molar-refractivity contribution in [1.29, 1.82) is 0 Å². The molecule has 3 nitrogen and oxygen atoms in total. The van der Waals surface area contributed by atoms with Crippen LogP contribution in [0.1, 0.15) is 0 Å². The number of benzene rings is 2. The number of nitrogens with zero attached hydrogens (tertiary/aromatic N) is 3. The molecule has 0 amide bonds. The Morgan fingerprint density at radius 3 is 2.56 bits per heavy atom. The highest BCUT2D eigenvalue weighted by Crippen LogP contribution is 2.26. The first-order chi connectivity index (χ1) is 8.93. The highest BCUT2D eigenvalue weighted by molar-refractivity contribution is 7.11. The van der Waals surface area contributed by atoms with E-state index >= 15 is 0 Å². The standard InChI is InChI=1S/C14H9N3S/c1-2-6-10(7-3-1)13-16-18-14-15-11-8-4-5-9-12(11)17(13)14/h1-9H. The SMILES string of the molecule is c1ccc(-c2nsc3nc4ccccc4n23)cc1. The Labute approximate surface area is 108 Å². The van der Waals surface area contributed by atoms with E-state index in [9.17, 15) is 0 Å². The molecular weight excluding hydrogens is 242 g/mol. The summed E-state index contributed by atoms with van der Waals surface area (Å²) < 4.78 is 6.64. The van der Waals surface area contributed by atoms with Crippen LogP contribution >= 0.6 is 11.5 Å². The normalized spacial score (nSPS) is 11.3. The third kappa shape index (κ3) is 1.29. The van der Waals surface area contributed by atoms with Gasteiger partial charge in [-0.05, 0) is 12.1 Å². The Hall–Kier alpha value is -2.20. The van der Waals surface area contributed by atoms with Gasteiger partial charge in [0.25, 0.3) is 0 Å². The van der Waals surface area contributed by atoms with E-state index in [2.05, 4.69) is 32.0 Å². The van der Waals surface area contributed by atoms with Crippen LogP contribution in [0.5, 0.6) is 0 Å². The van der Waals surface area contributed by atoms with Crippen LogP contribution in [0.4, 0.5) is 0 Å². The summed E-state index contributed by atoms with van der Waals surface area (Å²) in [5.74, 6) is 0.962. The van der Waals surface area contributed by atoms with E-state index in [-0.39, 0.29) is 0 Å². The maximum absolute atomic E-state index is 4.58. The lowest BCUT2D eigenvalue weighted by Crippen LogP contribution is -1.87. The monoisotopic (exact) mass is 251 g/mol. The second-order valence-corrected chi connectivity index (χ2v) is 4.82. The number of hydrogen-bond acceptors (Lipinski definition) is 3. The van der Waals surface area contributed by atoms with E-state index in [1.54, 1.807) is 0 Å². The average molecular weight is 251 g/mol. The molecule has 2 aromatic heterocycles. The number of para-hydroxylation sites is 2. The fourth-order valence-corrected chi connectivity index (χ4v) is 2.92. The minimum absolute atomic E-state index is 0.940. The zero-order valence-corrected chi connectivity index (χ0v) is 10.3. The summed E-state index contributed by atoms with van der Waals surface area (Å²) in [6.45, 7) is 0. The topological polar surface area (TPSA) is 30.2 Å². The van der Waals surface area contributed by atoms with E-state index < -0.39 is 0 Å². The number of rotatable bonds is 1. The van der Waals surface area contributed by atoms with Crippen molar-refractivity contribution < 1.29 is 0 Å². The van der Waals surface area contributed by atoms with Crippen molar-refractivity contribution in [3.63, 3.8) is 0 Å². The summed E-state index contributed by atoms with van der Waals surface area (Å²) in [5, 5.41) is 0. The predicted octanol–water partition coefficient (Wildman–Crippen LogP) is 3.61. The van der Waals surface area contributed by atoms with Gasteiger partial charge in [0.05, 0.1) is 11.0 Å². The lowest BCUT2D eigenvalue weighted by atomic mass is 10.2. The molecule has 4 aromatic rings. The average Bonchev–Trinajstić information content (AvgIpc) is 2.98. The van der Waals surface area contributed by atoms with Crippen LogP contribution in [0, 0.1) is 0 Å². The Morgan fingerprint density at radius 1 is 0.889 bits per heavy atom. The number of imidazole rings is 1. The highest BCUT2D eigenvalue weighted by Gasteiger charge is 2.12. The fourth-order valence-electron chi connectivity index (χ4n) is 2.16. The smallest absolute Gasteiger partial charge is 0.214 e. The van der Waals surface area contributed by atoms with Gasteiger partial charge in [-0.25, -0.2) is 4.98 Å². The van der Waals surface area contributed by atoms with Gasteiger partial charge in [0.2, 0.25) is 4.96 Å². The van der Waals surface area contributed by atoms with Crippen molar-refractivity contribution in [2.75, 3.05) is 0 Å². The van der Waals surface area contributed by atoms with Gasteiger partial charge in [0, 0.05) is 17.1 Å². The van der Waals surface area contributed by atoms with Gasteiger partial charge < -0.3 is 0 Å². The van der Waals surface area contributed by atoms with Gasteiger partial charge in [-0.2, -0.15) is 4.37 Å². The van der Waals surface area contributed by atoms with Crippen LogP contribution in [-0.2, 0) is 0 Å². The van der Waals surface area contributed by atoms with Gasteiger partial charge in [-0.15, -0.1) is 0 Å². The molecule has 0 saturated carbocycles. The summed E-state index contributed by atoms with van der Waals surface area (Å²) >= 11 is 1.44. The Bertz CT molecular complexity index is 830. The van der Waals surface area contributed by atoms with Crippen molar-refractivity contribution in [3.8, 4) is 11.4 Å². The molecule has 18 heavy (non-hydrogen) atoms. The van der Waals surface area contributed by atoms with Gasteiger partial charge in [-0.3, -0.25) is 4.40 Å². The summed E-state index contributed by atoms with van der Waals surface area (Å²) in [4.78, 5) is 5.52. The molecule has 0 aliphatic carbocycles. The lowest BCUT2D eigenvalue weighted by Gasteiger charge is -1.98. The molecule has 0 saturated heterocycles. The molecule has 0 fully saturated rings. The minimum atomic E-state index is 0.940. The van der Waals surface area contributed by atoms with Crippen LogP contribution in [0.2, 0.25) is 0 Å². The molecule has 4 heteroatoms. The zero-order chi connectivity index (χ0) is 11.9. The van der Waals surface area contributed by atoms with Gasteiger partial charge >= 0.3 is 0 Å². The molecule has 0 bridgehead atoms. The number of hydrogen-bond donors (Lipinski definition) is 0. The van der Waals surface area contributed by atoms with Crippen molar-refractivity contribution in [3.05, 3.63) is 54.6 Å². The van der Waals surface area contributed by atoms with Crippen molar-refractivity contribution in [2.45, 2.75) is 0 Å². The van der Waals surface area contributed by atoms with Gasteiger partial charge in [-0.1, -0.05) is 42.5 Å². The summed E-state index contributed by atoms with van der Waals surface area (Å²) in [6.07, 6.45) is 0. The molecular formula is C14H9N3S. The summed E-state index contributed by atoms with van der Waals surface area (Å²) in [5.41, 5.74) is 3.25. The molecule has 0 aliphatic rings. The quantitative estimate of drug-likeness (QED) is 0.517. The molecule has 0 radical (unpaired) electrons. The molecule has 0 N–H and O–H groups in total. The van der Waals surface area contributed by atoms with Crippen molar-refractivity contribution in [1.82, 2.24) is 13.8 Å². The first-order valence-corrected chi connectivity index (χ1v) is 6.49. The molecule has 4 rings (SSSR count). The first-order valence-electron chi connectivity index (χ1n) is 5.72. The van der Waals surface area contributed by atoms with E-state index in [4.69, 9.17) is 0 Å². The molecule has 0 spiro atoms. The van der Waals surface area contributed by atoms with Crippen LogP contribution in [0.3, 0.4) is 0 Å². The lowest BCUT2D eigenvalue weighted by molar-refractivity contribution is 1.23. The summed E-state index contributed by atoms with van der Waals surface area (Å²) in [6, 6.07) is 18.4. The van der Waals surface area contributed by atoms with E-state index in [1.807, 2.05) is 36.4 Å². The second-order valence-electron chi connectivity index (χ2n) is 4.09. The van der Waals surface area contributed by atoms with E-state index in [1.165, 1.54) is 11.5 Å². The van der Waals surface area contributed by atoms with Crippen molar-refractivity contribution >= 4 is 27.5 Å². The molecule has 86 valence electrons. The molecule has 0 unspecified atom stereocenters. The maximum atomic E-state index is 4.58.